The number of hydrogen-bond acceptors (Lipinski definition) is 4. The van der Waals surface area contributed by atoms with Crippen LogP contribution in [0.1, 0.15) is 84.3 Å². The molecule has 7 nitrogen and oxygen atoms in total. The van der Waals surface area contributed by atoms with Crippen molar-refractivity contribution in [2.45, 2.75) is 91.8 Å². The molecule has 33 heavy (non-hydrogen) atoms. The van der Waals surface area contributed by atoms with Gasteiger partial charge in [-0.3, -0.25) is 9.69 Å². The summed E-state index contributed by atoms with van der Waals surface area (Å²) in [6.45, 7) is 12.3. The highest BCUT2D eigenvalue weighted by atomic mass is 16.2. The van der Waals surface area contributed by atoms with Gasteiger partial charge in [-0.15, -0.1) is 0 Å². The molecule has 0 radical (unpaired) electrons. The maximum atomic E-state index is 13.5. The summed E-state index contributed by atoms with van der Waals surface area (Å²) in [5, 5.41) is 5.71. The summed E-state index contributed by atoms with van der Waals surface area (Å²) in [6.07, 6.45) is 5.38. The number of amides is 3. The lowest BCUT2D eigenvalue weighted by Crippen LogP contribution is -2.44. The number of nitrogens with two attached hydrogens (primary N) is 1. The second-order valence-corrected chi connectivity index (χ2v) is 10.0. The van der Waals surface area contributed by atoms with E-state index < -0.39 is 5.54 Å². The maximum Gasteiger partial charge on any atom is 0.315 e. The molecule has 1 aliphatic heterocycles. The molecule has 184 valence electrons. The molecule has 0 saturated carbocycles. The lowest BCUT2D eigenvalue weighted by Gasteiger charge is -2.27. The zero-order chi connectivity index (χ0) is 24.4. The van der Waals surface area contributed by atoms with E-state index in [0.29, 0.717) is 37.4 Å². The van der Waals surface area contributed by atoms with Gasteiger partial charge in [0.2, 0.25) is 0 Å². The number of nitrogens with zero attached hydrogens (tertiary/aromatic N) is 2. The Morgan fingerprint density at radius 3 is 2.15 bits per heavy atom. The average molecular weight is 458 g/mol. The molecule has 1 aromatic rings. The Balaban J connectivity index is 1.99. The largest absolute Gasteiger partial charge is 0.369 e. The van der Waals surface area contributed by atoms with Crippen LogP contribution in [0.4, 0.5) is 4.79 Å². The van der Waals surface area contributed by atoms with Gasteiger partial charge in [-0.25, -0.2) is 9.79 Å². The normalized spacial score (nSPS) is 15.3. The number of carbonyl (C=O) groups is 2. The van der Waals surface area contributed by atoms with Crippen LogP contribution in [0.2, 0.25) is 0 Å². The summed E-state index contributed by atoms with van der Waals surface area (Å²) >= 11 is 0. The van der Waals surface area contributed by atoms with Crippen LogP contribution < -0.4 is 16.4 Å². The predicted octanol–water partition coefficient (Wildman–Crippen LogP) is 4.55. The number of hydrogen-bond donors (Lipinski definition) is 3. The first kappa shape index (κ1) is 26.7. The monoisotopic (exact) mass is 457 g/mol. The van der Waals surface area contributed by atoms with Gasteiger partial charge in [-0.05, 0) is 55.1 Å². The number of guanidine groups is 1. The zero-order valence-electron chi connectivity index (χ0n) is 21.1. The predicted molar refractivity (Wildman–Crippen MR) is 135 cm³/mol. The number of unbranched alkanes of at least 4 members (excludes halogenated alkanes) is 1. The molecule has 0 aliphatic carbocycles. The van der Waals surface area contributed by atoms with E-state index in [2.05, 4.69) is 45.3 Å². The topological polar surface area (TPSA) is 99.8 Å². The molecule has 0 aromatic heterocycles. The number of nitrogens with one attached hydrogen (secondary N) is 2. The summed E-state index contributed by atoms with van der Waals surface area (Å²) in [7, 11) is 0. The van der Waals surface area contributed by atoms with Crippen LogP contribution >= 0.6 is 0 Å². The van der Waals surface area contributed by atoms with Crippen molar-refractivity contribution < 1.29 is 9.59 Å². The summed E-state index contributed by atoms with van der Waals surface area (Å²) < 4.78 is 0. The molecule has 0 bridgehead atoms. The van der Waals surface area contributed by atoms with Gasteiger partial charge in [-0.2, -0.15) is 0 Å². The van der Waals surface area contributed by atoms with Gasteiger partial charge in [0.15, 0.2) is 5.96 Å². The molecular formula is C26H43N5O2. The van der Waals surface area contributed by atoms with Crippen molar-refractivity contribution in [3.8, 4) is 0 Å². The Morgan fingerprint density at radius 2 is 1.61 bits per heavy atom. The smallest absolute Gasteiger partial charge is 0.315 e. The highest BCUT2D eigenvalue weighted by molar-refractivity contribution is 6.06. The van der Waals surface area contributed by atoms with E-state index >= 15 is 0 Å². The fourth-order valence-electron chi connectivity index (χ4n) is 3.91. The molecule has 0 spiro atoms. The van der Waals surface area contributed by atoms with Crippen molar-refractivity contribution in [3.05, 3.63) is 35.4 Å². The first-order chi connectivity index (χ1) is 15.7. The molecule has 2 rings (SSSR count). The SMILES string of the molecule is CCCCNC(=O)NCc1ccc(CN2C(=O)C(CCC(C)C)(CCC(C)C)N=C2N)cc1. The highest BCUT2D eigenvalue weighted by Crippen LogP contribution is 2.34. The first-order valence-electron chi connectivity index (χ1n) is 12.4. The molecule has 7 heteroatoms. The van der Waals surface area contributed by atoms with Crippen molar-refractivity contribution in [2.75, 3.05) is 6.54 Å². The summed E-state index contributed by atoms with van der Waals surface area (Å²) in [5.41, 5.74) is 7.53. The van der Waals surface area contributed by atoms with Crippen LogP contribution in [0.3, 0.4) is 0 Å². The second kappa shape index (κ2) is 12.6. The van der Waals surface area contributed by atoms with Crippen molar-refractivity contribution >= 4 is 17.9 Å². The van der Waals surface area contributed by atoms with Crippen molar-refractivity contribution in [1.29, 1.82) is 0 Å². The van der Waals surface area contributed by atoms with Gasteiger partial charge >= 0.3 is 6.03 Å². The third kappa shape index (κ3) is 8.06. The van der Waals surface area contributed by atoms with Crippen LogP contribution in [0.5, 0.6) is 0 Å². The van der Waals surface area contributed by atoms with E-state index in [9.17, 15) is 9.59 Å². The average Bonchev–Trinajstić information content (AvgIpc) is 3.00. The highest BCUT2D eigenvalue weighted by Gasteiger charge is 2.46. The minimum Gasteiger partial charge on any atom is -0.369 e. The molecular weight excluding hydrogens is 414 g/mol. The lowest BCUT2D eigenvalue weighted by atomic mass is 9.84. The molecule has 0 saturated heterocycles. The molecule has 0 atom stereocenters. The summed E-state index contributed by atoms with van der Waals surface area (Å²) in [6, 6.07) is 7.75. The van der Waals surface area contributed by atoms with Crippen molar-refractivity contribution in [3.63, 3.8) is 0 Å². The Labute approximate surface area is 199 Å². The van der Waals surface area contributed by atoms with Gasteiger partial charge in [-0.1, -0.05) is 65.3 Å². The van der Waals surface area contributed by atoms with Gasteiger partial charge in [0.05, 0.1) is 6.54 Å². The van der Waals surface area contributed by atoms with Gasteiger partial charge in [0.1, 0.15) is 5.54 Å². The molecule has 0 fully saturated rings. The van der Waals surface area contributed by atoms with E-state index in [1.165, 1.54) is 0 Å². The Kier molecular flexibility index (Phi) is 10.2. The summed E-state index contributed by atoms with van der Waals surface area (Å²) in [5.74, 6) is 1.36. The number of urea groups is 1. The molecule has 1 aliphatic rings. The van der Waals surface area contributed by atoms with E-state index in [0.717, 1.165) is 49.7 Å². The fourth-order valence-corrected chi connectivity index (χ4v) is 3.91. The van der Waals surface area contributed by atoms with E-state index in [4.69, 9.17) is 10.7 Å². The minimum absolute atomic E-state index is 0.0239. The maximum absolute atomic E-state index is 13.5. The molecule has 3 amide bonds. The van der Waals surface area contributed by atoms with Crippen molar-refractivity contribution in [2.24, 2.45) is 22.6 Å². The summed E-state index contributed by atoms with van der Waals surface area (Å²) in [4.78, 5) is 31.7. The Hall–Kier alpha value is -2.57. The van der Waals surface area contributed by atoms with E-state index in [1.54, 1.807) is 4.90 Å². The Bertz CT molecular complexity index is 789. The number of rotatable bonds is 13. The minimum atomic E-state index is -0.729. The van der Waals surface area contributed by atoms with Crippen LogP contribution in [0.25, 0.3) is 0 Å². The number of aliphatic imine (C=N–C) groups is 1. The molecule has 1 heterocycles. The number of benzene rings is 1. The van der Waals surface area contributed by atoms with Crippen molar-refractivity contribution in [1.82, 2.24) is 15.5 Å². The van der Waals surface area contributed by atoms with Gasteiger partial charge < -0.3 is 16.4 Å². The third-order valence-electron chi connectivity index (χ3n) is 6.15. The molecule has 1 aromatic carbocycles. The van der Waals surface area contributed by atoms with Gasteiger partial charge in [0, 0.05) is 13.1 Å². The zero-order valence-corrected chi connectivity index (χ0v) is 21.1. The van der Waals surface area contributed by atoms with Crippen LogP contribution in [0.15, 0.2) is 29.3 Å². The third-order valence-corrected chi connectivity index (χ3v) is 6.15. The second-order valence-electron chi connectivity index (χ2n) is 10.0. The van der Waals surface area contributed by atoms with E-state index in [-0.39, 0.29) is 11.9 Å². The van der Waals surface area contributed by atoms with E-state index in [1.807, 2.05) is 24.3 Å². The number of carbonyl (C=O) groups excluding carboxylic acids is 2. The standard InChI is InChI=1S/C26H43N5O2/c1-6-7-16-28-25(33)29-17-21-8-10-22(11-9-21)18-31-23(32)26(30-24(31)27,14-12-19(2)3)15-13-20(4)5/h8-11,19-20H,6-7,12-18H2,1-5H3,(H2,27,30)(H2,28,29,33). The van der Waals surface area contributed by atoms with Crippen LogP contribution in [-0.4, -0.2) is 34.9 Å². The van der Waals surface area contributed by atoms with Crippen LogP contribution in [-0.2, 0) is 17.9 Å². The Morgan fingerprint density at radius 1 is 1.03 bits per heavy atom. The lowest BCUT2D eigenvalue weighted by molar-refractivity contribution is -0.132. The fraction of sp³-hybridized carbons (Fsp3) is 0.654. The molecule has 4 N–H and O–H groups in total. The molecule has 0 unspecified atom stereocenters. The van der Waals surface area contributed by atoms with Gasteiger partial charge in [0.25, 0.3) is 5.91 Å². The first-order valence-corrected chi connectivity index (χ1v) is 12.4. The quantitative estimate of drug-likeness (QED) is 0.379. The van der Waals surface area contributed by atoms with Crippen LogP contribution in [0, 0.1) is 11.8 Å².